The number of rotatable bonds is 5. The van der Waals surface area contributed by atoms with Gasteiger partial charge in [-0.25, -0.2) is 4.79 Å². The Bertz CT molecular complexity index is 937. The average molecular weight is 324 g/mol. The molecule has 124 valence electrons. The number of oxazole rings is 1. The first-order chi connectivity index (χ1) is 11.5. The predicted octanol–water partition coefficient (Wildman–Crippen LogP) is 3.40. The van der Waals surface area contributed by atoms with E-state index in [0.29, 0.717) is 23.2 Å². The Balaban J connectivity index is 1.59. The van der Waals surface area contributed by atoms with Crippen LogP contribution in [0.25, 0.3) is 11.1 Å². The third-order valence-corrected chi connectivity index (χ3v) is 4.19. The van der Waals surface area contributed by atoms with E-state index in [9.17, 15) is 9.59 Å². The summed E-state index contributed by atoms with van der Waals surface area (Å²) in [5.41, 5.74) is 4.34. The Morgan fingerprint density at radius 1 is 1.21 bits per heavy atom. The molecule has 0 aliphatic rings. The lowest BCUT2D eigenvalue weighted by Crippen LogP contribution is -2.11. The van der Waals surface area contributed by atoms with E-state index in [1.807, 2.05) is 12.1 Å². The predicted molar refractivity (Wildman–Crippen MR) is 94.2 cm³/mol. The summed E-state index contributed by atoms with van der Waals surface area (Å²) in [5.74, 6) is -0.451. The minimum absolute atomic E-state index is 0.0405. The van der Waals surface area contributed by atoms with Gasteiger partial charge in [-0.05, 0) is 43.0 Å². The van der Waals surface area contributed by atoms with Gasteiger partial charge in [0.1, 0.15) is 0 Å². The molecule has 0 aliphatic carbocycles. The lowest BCUT2D eigenvalue weighted by atomic mass is 10.0. The van der Waals surface area contributed by atoms with Crippen LogP contribution in [0.1, 0.15) is 24.0 Å². The molecule has 0 bridgehead atoms. The van der Waals surface area contributed by atoms with E-state index in [4.69, 9.17) is 4.42 Å². The van der Waals surface area contributed by atoms with Crippen LogP contribution < -0.4 is 11.1 Å². The molecule has 24 heavy (non-hydrogen) atoms. The minimum Gasteiger partial charge on any atom is -0.408 e. The van der Waals surface area contributed by atoms with Gasteiger partial charge in [0.15, 0.2) is 5.58 Å². The van der Waals surface area contributed by atoms with Crippen molar-refractivity contribution >= 4 is 22.7 Å². The molecule has 5 heteroatoms. The van der Waals surface area contributed by atoms with E-state index in [0.717, 1.165) is 12.8 Å². The Morgan fingerprint density at radius 2 is 2.00 bits per heavy atom. The molecule has 1 heterocycles. The second kappa shape index (κ2) is 6.74. The van der Waals surface area contributed by atoms with Gasteiger partial charge < -0.3 is 9.73 Å². The van der Waals surface area contributed by atoms with Gasteiger partial charge in [0.25, 0.3) is 0 Å². The van der Waals surface area contributed by atoms with Crippen LogP contribution in [0.15, 0.2) is 51.7 Å². The molecule has 0 spiro atoms. The van der Waals surface area contributed by atoms with Gasteiger partial charge in [0.05, 0.1) is 5.52 Å². The summed E-state index contributed by atoms with van der Waals surface area (Å²) in [5, 5.41) is 2.85. The number of hydrogen-bond acceptors (Lipinski definition) is 3. The summed E-state index contributed by atoms with van der Waals surface area (Å²) in [4.78, 5) is 23.6. The molecule has 1 amide bonds. The number of anilines is 1. The van der Waals surface area contributed by atoms with Crippen molar-refractivity contribution in [3.05, 3.63) is 64.1 Å². The highest BCUT2D eigenvalue weighted by Crippen LogP contribution is 2.18. The zero-order chi connectivity index (χ0) is 17.1. The number of aryl methyl sites for hydroxylation is 3. The van der Waals surface area contributed by atoms with Crippen LogP contribution in [0.4, 0.5) is 5.69 Å². The number of carbonyl (C=O) groups excluding carboxylic acids is 1. The van der Waals surface area contributed by atoms with Crippen molar-refractivity contribution in [2.45, 2.75) is 26.2 Å². The van der Waals surface area contributed by atoms with Crippen molar-refractivity contribution in [1.82, 2.24) is 4.57 Å². The normalized spacial score (nSPS) is 10.9. The number of aromatic nitrogens is 1. The summed E-state index contributed by atoms with van der Waals surface area (Å²) >= 11 is 0. The fourth-order valence-corrected chi connectivity index (χ4v) is 2.77. The van der Waals surface area contributed by atoms with E-state index in [1.54, 1.807) is 25.2 Å². The van der Waals surface area contributed by atoms with Crippen molar-refractivity contribution < 1.29 is 9.21 Å². The fraction of sp³-hybridized carbons (Fsp3) is 0.263. The van der Waals surface area contributed by atoms with E-state index in [1.165, 1.54) is 15.7 Å². The van der Waals surface area contributed by atoms with Crippen molar-refractivity contribution in [3.8, 4) is 0 Å². The van der Waals surface area contributed by atoms with Gasteiger partial charge in [-0.2, -0.15) is 0 Å². The molecule has 1 aromatic heterocycles. The number of nitrogens with one attached hydrogen (secondary N) is 1. The molecule has 5 nitrogen and oxygen atoms in total. The Labute approximate surface area is 139 Å². The van der Waals surface area contributed by atoms with Crippen LogP contribution in [-0.2, 0) is 18.3 Å². The average Bonchev–Trinajstić information content (AvgIpc) is 2.83. The van der Waals surface area contributed by atoms with Gasteiger partial charge in [-0.1, -0.05) is 24.3 Å². The lowest BCUT2D eigenvalue weighted by Gasteiger charge is -2.07. The third-order valence-electron chi connectivity index (χ3n) is 4.19. The molecule has 0 aliphatic heterocycles. The van der Waals surface area contributed by atoms with Gasteiger partial charge >= 0.3 is 5.76 Å². The highest BCUT2D eigenvalue weighted by atomic mass is 16.4. The second-order valence-electron chi connectivity index (χ2n) is 5.94. The number of hydrogen-bond donors (Lipinski definition) is 1. The van der Waals surface area contributed by atoms with Crippen LogP contribution in [0, 0.1) is 6.92 Å². The first-order valence-corrected chi connectivity index (χ1v) is 7.98. The fourth-order valence-electron chi connectivity index (χ4n) is 2.77. The molecule has 0 unspecified atom stereocenters. The molecule has 3 aromatic rings. The second-order valence-corrected chi connectivity index (χ2v) is 5.94. The summed E-state index contributed by atoms with van der Waals surface area (Å²) in [6, 6.07) is 13.4. The first-order valence-electron chi connectivity index (χ1n) is 7.98. The van der Waals surface area contributed by atoms with E-state index >= 15 is 0 Å². The van der Waals surface area contributed by atoms with Gasteiger partial charge in [0, 0.05) is 25.2 Å². The van der Waals surface area contributed by atoms with Gasteiger partial charge in [-0.3, -0.25) is 9.36 Å². The maximum atomic E-state index is 12.1. The Morgan fingerprint density at radius 3 is 2.79 bits per heavy atom. The summed E-state index contributed by atoms with van der Waals surface area (Å²) < 4.78 is 6.56. The Hall–Kier alpha value is -2.82. The van der Waals surface area contributed by atoms with Crippen LogP contribution in [0.3, 0.4) is 0 Å². The van der Waals surface area contributed by atoms with Crippen molar-refractivity contribution in [1.29, 1.82) is 0 Å². The summed E-state index contributed by atoms with van der Waals surface area (Å²) in [6.45, 7) is 2.08. The molecular formula is C19H20N2O3. The molecule has 0 saturated heterocycles. The zero-order valence-corrected chi connectivity index (χ0v) is 13.8. The molecule has 3 rings (SSSR count). The van der Waals surface area contributed by atoms with Crippen LogP contribution >= 0.6 is 0 Å². The van der Waals surface area contributed by atoms with E-state index in [-0.39, 0.29) is 5.91 Å². The maximum Gasteiger partial charge on any atom is 0.419 e. The van der Waals surface area contributed by atoms with Gasteiger partial charge in [-0.15, -0.1) is 0 Å². The van der Waals surface area contributed by atoms with Crippen molar-refractivity contribution in [2.24, 2.45) is 7.05 Å². The molecule has 2 aromatic carbocycles. The highest BCUT2D eigenvalue weighted by molar-refractivity contribution is 5.92. The Kier molecular flexibility index (Phi) is 4.51. The van der Waals surface area contributed by atoms with Crippen LogP contribution in [0.2, 0.25) is 0 Å². The number of fused-ring (bicyclic) bond motifs is 1. The molecular weight excluding hydrogens is 304 g/mol. The largest absolute Gasteiger partial charge is 0.419 e. The SMILES string of the molecule is Cc1ccccc1CCCC(=O)Nc1ccc2c(c1)oc(=O)n2C. The van der Waals surface area contributed by atoms with Gasteiger partial charge in [0.2, 0.25) is 5.91 Å². The van der Waals surface area contributed by atoms with E-state index < -0.39 is 5.76 Å². The number of benzene rings is 2. The van der Waals surface area contributed by atoms with Crippen molar-refractivity contribution in [3.63, 3.8) is 0 Å². The first kappa shape index (κ1) is 16.1. The van der Waals surface area contributed by atoms with E-state index in [2.05, 4.69) is 24.4 Å². The molecule has 0 radical (unpaired) electrons. The molecule has 1 N–H and O–H groups in total. The molecule has 0 atom stereocenters. The topological polar surface area (TPSA) is 64.2 Å². The maximum absolute atomic E-state index is 12.1. The minimum atomic E-state index is -0.410. The van der Waals surface area contributed by atoms with Crippen LogP contribution in [-0.4, -0.2) is 10.5 Å². The number of nitrogens with zero attached hydrogens (tertiary/aromatic N) is 1. The summed E-state index contributed by atoms with van der Waals surface area (Å²) in [7, 11) is 1.65. The quantitative estimate of drug-likeness (QED) is 0.782. The smallest absolute Gasteiger partial charge is 0.408 e. The number of amides is 1. The third kappa shape index (κ3) is 3.40. The highest BCUT2D eigenvalue weighted by Gasteiger charge is 2.08. The van der Waals surface area contributed by atoms with Crippen molar-refractivity contribution in [2.75, 3.05) is 5.32 Å². The standard InChI is InChI=1S/C19H20N2O3/c1-13-6-3-4-7-14(13)8-5-9-18(22)20-15-10-11-16-17(12-15)24-19(23)21(16)2/h3-4,6-7,10-12H,5,8-9H2,1-2H3,(H,20,22). The zero-order valence-electron chi connectivity index (χ0n) is 13.8. The van der Waals surface area contributed by atoms with Crippen LogP contribution in [0.5, 0.6) is 0 Å². The number of carbonyl (C=O) groups is 1. The molecule has 0 saturated carbocycles. The summed E-state index contributed by atoms with van der Waals surface area (Å²) in [6.07, 6.45) is 2.12. The monoisotopic (exact) mass is 324 g/mol. The molecule has 0 fully saturated rings. The lowest BCUT2D eigenvalue weighted by molar-refractivity contribution is -0.116.